The van der Waals surface area contributed by atoms with Crippen molar-refractivity contribution in [2.24, 2.45) is 11.5 Å². The Morgan fingerprint density at radius 1 is 0.305 bits per heavy atom. The Balaban J connectivity index is 0.000000120. The lowest BCUT2D eigenvalue weighted by Crippen LogP contribution is -2.09. The number of para-hydroxylation sites is 12. The van der Waals surface area contributed by atoms with E-state index in [-0.39, 0.29) is 13.5 Å². The third-order valence-corrected chi connectivity index (χ3v) is 14.3. The Morgan fingerprint density at radius 2 is 0.549 bits per heavy atom. The topological polar surface area (TPSA) is 221 Å². The van der Waals surface area contributed by atoms with Gasteiger partial charge in [-0.1, -0.05) is 159 Å². The van der Waals surface area contributed by atoms with Crippen LogP contribution in [0.3, 0.4) is 0 Å². The molecule has 0 aliphatic carbocycles. The lowest BCUT2D eigenvalue weighted by atomic mass is 10.1. The highest BCUT2D eigenvalue weighted by Gasteiger charge is 2.17. The van der Waals surface area contributed by atoms with Crippen LogP contribution in [0.4, 0.5) is 0 Å². The molecule has 0 unspecified atom stereocenters. The van der Waals surface area contributed by atoms with Gasteiger partial charge in [-0.15, -0.1) is 0 Å². The van der Waals surface area contributed by atoms with Crippen molar-refractivity contribution >= 4 is 66.2 Å². The normalized spacial score (nSPS) is 11.2. The van der Waals surface area contributed by atoms with Gasteiger partial charge >= 0.3 is 0 Å². The molecule has 0 saturated carbocycles. The smallest absolute Gasteiger partial charge is 0.143 e. The first-order valence-electron chi connectivity index (χ1n) is 27.1. The van der Waals surface area contributed by atoms with Gasteiger partial charge in [0.15, 0.2) is 0 Å². The fraction of sp³-hybridized carbons (Fsp3) is 0.0909. The molecular weight excluding hydrogens is 1020 g/mol. The molecule has 16 heteroatoms. The van der Waals surface area contributed by atoms with E-state index in [9.17, 15) is 10.2 Å². The van der Waals surface area contributed by atoms with Gasteiger partial charge in [0.1, 0.15) is 48.4 Å². The Bertz CT molecular complexity index is 4100. The molecule has 15 aromatic rings. The van der Waals surface area contributed by atoms with Crippen LogP contribution >= 0.6 is 0 Å². The van der Waals surface area contributed by atoms with Gasteiger partial charge in [0, 0.05) is 33.4 Å². The molecule has 82 heavy (non-hydrogen) atoms. The number of imidazole rings is 6. The molecule has 0 aliphatic rings. The Labute approximate surface area is 471 Å². The first-order valence-corrected chi connectivity index (χ1v) is 27.1. The number of nitrogens with one attached hydrogen (secondary N) is 2. The van der Waals surface area contributed by atoms with E-state index in [0.29, 0.717) is 25.0 Å². The van der Waals surface area contributed by atoms with Gasteiger partial charge in [-0.05, 0) is 72.8 Å². The second kappa shape index (κ2) is 23.2. The van der Waals surface area contributed by atoms with Gasteiger partial charge in [0.2, 0.25) is 0 Å². The first kappa shape index (κ1) is 52.3. The molecular formula is C66H58N14O2. The SMILES string of the molecule is CC.NCn1c(-c2ccc(-c3nc4ccccc4n3CN)cc2)nc2ccccc21.OCn1c(-c2ccc(-c3nc4ccccc4n3CO)cc2)nc2ccccc21.c1ccc2[nH]c(-c3ccc(-c4nc5ccccc5[nH]4)cc3)nc2c1. The van der Waals surface area contributed by atoms with Crippen molar-refractivity contribution in [1.29, 1.82) is 0 Å². The number of aromatic nitrogens is 12. The number of nitrogens with zero attached hydrogens (tertiary/aromatic N) is 10. The summed E-state index contributed by atoms with van der Waals surface area (Å²) in [5.41, 5.74) is 29.4. The zero-order valence-corrected chi connectivity index (χ0v) is 45.1. The summed E-state index contributed by atoms with van der Waals surface area (Å²) in [7, 11) is 0. The van der Waals surface area contributed by atoms with E-state index in [1.54, 1.807) is 9.13 Å². The maximum atomic E-state index is 9.83. The molecule has 16 nitrogen and oxygen atoms in total. The van der Waals surface area contributed by atoms with Crippen LogP contribution in [0.25, 0.3) is 135 Å². The summed E-state index contributed by atoms with van der Waals surface area (Å²) in [6, 6.07) is 72.0. The van der Waals surface area contributed by atoms with E-state index in [1.807, 2.05) is 193 Å². The van der Waals surface area contributed by atoms with Crippen LogP contribution in [0.1, 0.15) is 13.8 Å². The molecule has 0 radical (unpaired) electrons. The summed E-state index contributed by atoms with van der Waals surface area (Å²) in [4.78, 5) is 34.9. The number of fused-ring (bicyclic) bond motifs is 6. The van der Waals surface area contributed by atoms with Crippen LogP contribution in [0.5, 0.6) is 0 Å². The minimum absolute atomic E-state index is 0.141. The number of hydrogen-bond donors (Lipinski definition) is 6. The van der Waals surface area contributed by atoms with E-state index in [1.165, 1.54) is 0 Å². The highest BCUT2D eigenvalue weighted by molar-refractivity contribution is 5.86. The van der Waals surface area contributed by atoms with E-state index in [4.69, 9.17) is 21.4 Å². The second-order valence-corrected chi connectivity index (χ2v) is 19.0. The zero-order chi connectivity index (χ0) is 56.1. The standard InChI is InChI=1S/C22H20N6.C22H18N4O2.C20H14N4.C2H6/c23-13-27-19-7-3-1-5-17(19)25-21(27)15-9-11-16(12-10-15)22-26-18-6-2-4-8-20(18)28(22)14-24;27-13-25-19-7-3-1-5-17(19)23-21(25)15-9-11-16(12-10-15)22-24-18-6-2-4-8-20(18)26(22)14-28;1-2-6-16-15(5-1)21-19(22-16)13-9-11-14(12-10-13)20-23-17-7-3-4-8-18(17)24-20;1-2/h1-12H,13-14,23-24H2;1-12,27-28H,13-14H2;1-12H,(H,21,22)(H,23,24);1-2H3. The highest BCUT2D eigenvalue weighted by atomic mass is 16.3. The summed E-state index contributed by atoms with van der Waals surface area (Å²) in [5.74, 6) is 4.92. The third kappa shape index (κ3) is 9.94. The van der Waals surface area contributed by atoms with Gasteiger partial charge in [-0.25, -0.2) is 29.9 Å². The quantitative estimate of drug-likeness (QED) is 0.0760. The number of aliphatic hydroxyl groups excluding tert-OH is 2. The number of aliphatic hydroxyl groups is 2. The summed E-state index contributed by atoms with van der Waals surface area (Å²) in [5, 5.41) is 19.7. The largest absolute Gasteiger partial charge is 0.376 e. The molecule has 8 N–H and O–H groups in total. The van der Waals surface area contributed by atoms with Crippen molar-refractivity contribution in [2.45, 2.75) is 40.6 Å². The van der Waals surface area contributed by atoms with Crippen molar-refractivity contribution in [3.63, 3.8) is 0 Å². The first-order chi connectivity index (χ1) is 40.5. The zero-order valence-electron chi connectivity index (χ0n) is 45.1. The van der Waals surface area contributed by atoms with Gasteiger partial charge < -0.3 is 49.9 Å². The van der Waals surface area contributed by atoms with Crippen molar-refractivity contribution in [3.8, 4) is 68.3 Å². The molecule has 0 bridgehead atoms. The molecule has 0 spiro atoms. The molecule has 0 atom stereocenters. The maximum absolute atomic E-state index is 9.83. The molecule has 0 fully saturated rings. The number of nitrogens with two attached hydrogens (primary N) is 2. The average Bonchev–Trinajstić information content (AvgIpc) is 4.61. The maximum Gasteiger partial charge on any atom is 0.143 e. The van der Waals surface area contributed by atoms with Crippen LogP contribution in [-0.2, 0) is 26.8 Å². The van der Waals surface area contributed by atoms with Gasteiger partial charge in [-0.2, -0.15) is 0 Å². The predicted molar refractivity (Wildman–Crippen MR) is 329 cm³/mol. The average molecular weight is 1080 g/mol. The molecule has 0 saturated heterocycles. The number of benzene rings is 9. The molecule has 404 valence electrons. The molecule has 6 aromatic heterocycles. The lowest BCUT2D eigenvalue weighted by Gasteiger charge is -2.08. The van der Waals surface area contributed by atoms with Crippen molar-refractivity contribution in [3.05, 3.63) is 218 Å². The summed E-state index contributed by atoms with van der Waals surface area (Å²) < 4.78 is 7.62. The van der Waals surface area contributed by atoms with Gasteiger partial charge in [-0.3, -0.25) is 0 Å². The highest BCUT2D eigenvalue weighted by Crippen LogP contribution is 2.32. The van der Waals surface area contributed by atoms with Crippen LogP contribution in [0.15, 0.2) is 218 Å². The van der Waals surface area contributed by atoms with Gasteiger partial charge in [0.05, 0.1) is 79.5 Å². The molecule has 15 rings (SSSR count). The van der Waals surface area contributed by atoms with Crippen molar-refractivity contribution in [2.75, 3.05) is 0 Å². The number of aromatic amines is 2. The minimum atomic E-state index is -0.141. The molecule has 6 heterocycles. The Morgan fingerprint density at radius 3 is 0.829 bits per heavy atom. The van der Waals surface area contributed by atoms with Crippen LogP contribution in [-0.4, -0.2) is 68.4 Å². The van der Waals surface area contributed by atoms with E-state index in [2.05, 4.69) is 78.4 Å². The third-order valence-electron chi connectivity index (χ3n) is 14.3. The molecule has 0 aliphatic heterocycles. The fourth-order valence-electron chi connectivity index (χ4n) is 10.3. The van der Waals surface area contributed by atoms with Crippen molar-refractivity contribution in [1.82, 2.24) is 58.1 Å². The van der Waals surface area contributed by atoms with Crippen LogP contribution < -0.4 is 11.5 Å². The molecule has 0 amide bonds. The van der Waals surface area contributed by atoms with E-state index in [0.717, 1.165) is 123 Å². The van der Waals surface area contributed by atoms with Gasteiger partial charge in [0.25, 0.3) is 0 Å². The predicted octanol–water partition coefficient (Wildman–Crippen LogP) is 13.0. The molecule has 9 aromatic carbocycles. The summed E-state index contributed by atoms with van der Waals surface area (Å²) >= 11 is 0. The van der Waals surface area contributed by atoms with E-state index >= 15 is 0 Å². The number of hydrogen-bond acceptors (Lipinski definition) is 10. The van der Waals surface area contributed by atoms with E-state index < -0.39 is 0 Å². The number of H-pyrrole nitrogens is 2. The van der Waals surface area contributed by atoms with Crippen LogP contribution in [0, 0.1) is 0 Å². The Kier molecular flexibility index (Phi) is 14.8. The van der Waals surface area contributed by atoms with Crippen LogP contribution in [0.2, 0.25) is 0 Å². The summed E-state index contributed by atoms with van der Waals surface area (Å²) in [6.07, 6.45) is 0. The minimum Gasteiger partial charge on any atom is -0.376 e. The summed E-state index contributed by atoms with van der Waals surface area (Å²) in [6.45, 7) is 4.47. The Hall–Kier alpha value is -10.4. The van der Waals surface area contributed by atoms with Crippen molar-refractivity contribution < 1.29 is 10.2 Å². The lowest BCUT2D eigenvalue weighted by molar-refractivity contribution is 0.216. The second-order valence-electron chi connectivity index (χ2n) is 19.0. The number of rotatable bonds is 10. The fourth-order valence-corrected chi connectivity index (χ4v) is 10.3. The monoisotopic (exact) mass is 1080 g/mol.